The number of ether oxygens (including phenoxy) is 1. The molecule has 2 aliphatic rings. The smallest absolute Gasteiger partial charge is 0.253 e. The van der Waals surface area contributed by atoms with Crippen LogP contribution in [0.25, 0.3) is 0 Å². The van der Waals surface area contributed by atoms with E-state index in [0.717, 1.165) is 22.4 Å². The van der Waals surface area contributed by atoms with Gasteiger partial charge in [0, 0.05) is 29.3 Å². The summed E-state index contributed by atoms with van der Waals surface area (Å²) >= 11 is 0. The van der Waals surface area contributed by atoms with Gasteiger partial charge in [-0.1, -0.05) is 42.5 Å². The molecule has 0 aliphatic carbocycles. The SMILES string of the molecule is CCOc1ccc(C(=O)[C@@H]2[C@@H](c3ccco3)CN(C)[C@@]23C(=O)N(Cc2ccccc2C)c2ccccc23)cc1. The van der Waals surface area contributed by atoms with Gasteiger partial charge in [0.25, 0.3) is 5.91 Å². The first kappa shape index (κ1) is 25.1. The van der Waals surface area contributed by atoms with Gasteiger partial charge in [-0.2, -0.15) is 0 Å². The highest BCUT2D eigenvalue weighted by Crippen LogP contribution is 2.57. The first-order valence-corrected chi connectivity index (χ1v) is 13.4. The second-order valence-electron chi connectivity index (χ2n) is 10.4. The van der Waals surface area contributed by atoms with Gasteiger partial charge in [0.05, 0.1) is 25.3 Å². The van der Waals surface area contributed by atoms with E-state index in [2.05, 4.69) is 24.0 Å². The zero-order valence-corrected chi connectivity index (χ0v) is 22.5. The number of amides is 1. The molecule has 6 heteroatoms. The number of fused-ring (bicyclic) bond motifs is 2. The fraction of sp³-hybridized carbons (Fsp3) is 0.273. The van der Waals surface area contributed by atoms with Crippen molar-refractivity contribution < 1.29 is 18.7 Å². The second-order valence-corrected chi connectivity index (χ2v) is 10.4. The van der Waals surface area contributed by atoms with E-state index < -0.39 is 11.5 Å². The van der Waals surface area contributed by atoms with Crippen molar-refractivity contribution in [1.29, 1.82) is 0 Å². The number of nitrogens with zero attached hydrogens (tertiary/aromatic N) is 2. The summed E-state index contributed by atoms with van der Waals surface area (Å²) in [6.07, 6.45) is 1.63. The third-order valence-corrected chi connectivity index (χ3v) is 8.33. The normalized spacial score (nSPS) is 22.4. The lowest BCUT2D eigenvalue weighted by Gasteiger charge is -2.36. The molecule has 0 bridgehead atoms. The molecule has 0 N–H and O–H groups in total. The van der Waals surface area contributed by atoms with Gasteiger partial charge in [-0.15, -0.1) is 0 Å². The van der Waals surface area contributed by atoms with E-state index in [0.29, 0.717) is 36.8 Å². The number of carbonyl (C=O) groups excluding carboxylic acids is 2. The maximum Gasteiger partial charge on any atom is 0.253 e. The lowest BCUT2D eigenvalue weighted by atomic mass is 9.71. The number of ketones is 1. The number of Topliss-reactive ketones (excluding diaryl/α,β-unsaturated/α-hetero) is 1. The van der Waals surface area contributed by atoms with Gasteiger partial charge in [-0.3, -0.25) is 14.5 Å². The van der Waals surface area contributed by atoms with Crippen LogP contribution in [0.4, 0.5) is 5.69 Å². The minimum Gasteiger partial charge on any atom is -0.494 e. The molecule has 2 aliphatic heterocycles. The highest BCUT2D eigenvalue weighted by Gasteiger charge is 2.66. The average molecular weight is 521 g/mol. The molecular weight excluding hydrogens is 488 g/mol. The van der Waals surface area contributed by atoms with Crippen molar-refractivity contribution in [1.82, 2.24) is 4.90 Å². The second kappa shape index (κ2) is 9.86. The van der Waals surface area contributed by atoms with Crippen LogP contribution in [0, 0.1) is 12.8 Å². The van der Waals surface area contributed by atoms with E-state index in [4.69, 9.17) is 9.15 Å². The van der Waals surface area contributed by atoms with Crippen molar-refractivity contribution in [2.75, 3.05) is 25.1 Å². The number of hydrogen-bond acceptors (Lipinski definition) is 5. The molecular formula is C33H32N2O4. The van der Waals surface area contributed by atoms with E-state index >= 15 is 0 Å². The van der Waals surface area contributed by atoms with Crippen molar-refractivity contribution in [3.8, 4) is 5.75 Å². The lowest BCUT2D eigenvalue weighted by molar-refractivity contribution is -0.129. The van der Waals surface area contributed by atoms with E-state index in [1.165, 1.54) is 0 Å². The summed E-state index contributed by atoms with van der Waals surface area (Å²) in [5, 5.41) is 0. The van der Waals surface area contributed by atoms with Crippen molar-refractivity contribution in [3.05, 3.63) is 119 Å². The summed E-state index contributed by atoms with van der Waals surface area (Å²) in [4.78, 5) is 33.2. The number of furan rings is 1. The predicted octanol–water partition coefficient (Wildman–Crippen LogP) is 5.96. The molecule has 1 fully saturated rings. The van der Waals surface area contributed by atoms with Gasteiger partial charge in [-0.05, 0) is 74.5 Å². The van der Waals surface area contributed by atoms with Crippen LogP contribution in [0.1, 0.15) is 45.7 Å². The number of hydrogen-bond donors (Lipinski definition) is 0. The Labute approximate surface area is 228 Å². The van der Waals surface area contributed by atoms with Gasteiger partial charge in [0.15, 0.2) is 5.78 Å². The average Bonchev–Trinajstić information content (AvgIpc) is 3.64. The minimum absolute atomic E-state index is 0.0761. The molecule has 0 radical (unpaired) electrons. The maximum absolute atomic E-state index is 14.8. The topological polar surface area (TPSA) is 63.0 Å². The van der Waals surface area contributed by atoms with Crippen LogP contribution in [0.2, 0.25) is 0 Å². The first-order chi connectivity index (χ1) is 19.0. The standard InChI is InChI=1S/C33H32N2O4/c1-4-38-25-17-15-23(16-18-25)31(36)30-26(29-14-9-19-39-29)21-34(3)33(30)27-12-7-8-13-28(27)35(32(33)37)20-24-11-6-5-10-22(24)2/h5-19,26,30H,4,20-21H2,1-3H3/t26-,30+,33-/m1/s1. The van der Waals surface area contributed by atoms with E-state index in [1.807, 2.05) is 79.5 Å². The first-order valence-electron chi connectivity index (χ1n) is 13.4. The fourth-order valence-electron chi connectivity index (χ4n) is 6.51. The molecule has 3 aromatic carbocycles. The third kappa shape index (κ3) is 3.90. The molecule has 6 nitrogen and oxygen atoms in total. The molecule has 1 aromatic heterocycles. The zero-order valence-electron chi connectivity index (χ0n) is 22.5. The van der Waals surface area contributed by atoms with Crippen LogP contribution in [0.15, 0.2) is 95.6 Å². The molecule has 1 spiro atoms. The predicted molar refractivity (Wildman–Crippen MR) is 150 cm³/mol. The molecule has 1 saturated heterocycles. The van der Waals surface area contributed by atoms with Gasteiger partial charge in [0.1, 0.15) is 17.0 Å². The number of rotatable bonds is 7. The van der Waals surface area contributed by atoms with Crippen LogP contribution in [0.5, 0.6) is 5.75 Å². The Kier molecular flexibility index (Phi) is 6.35. The molecule has 1 amide bonds. The molecule has 3 heterocycles. The maximum atomic E-state index is 14.8. The Morgan fingerprint density at radius 1 is 1.00 bits per heavy atom. The molecule has 4 aromatic rings. The molecule has 39 heavy (non-hydrogen) atoms. The molecule has 6 rings (SSSR count). The minimum atomic E-state index is -1.16. The summed E-state index contributed by atoms with van der Waals surface area (Å²) in [6.45, 7) is 5.49. The Morgan fingerprint density at radius 2 is 1.74 bits per heavy atom. The van der Waals surface area contributed by atoms with Crippen molar-refractivity contribution in [2.45, 2.75) is 31.8 Å². The van der Waals surface area contributed by atoms with Gasteiger partial charge in [-0.25, -0.2) is 0 Å². The van der Waals surface area contributed by atoms with Crippen molar-refractivity contribution in [2.24, 2.45) is 5.92 Å². The zero-order chi connectivity index (χ0) is 27.1. The van der Waals surface area contributed by atoms with Crippen LogP contribution < -0.4 is 9.64 Å². The molecule has 0 saturated carbocycles. The number of para-hydroxylation sites is 1. The quantitative estimate of drug-likeness (QED) is 0.282. The fourth-order valence-corrected chi connectivity index (χ4v) is 6.51. The number of carbonyl (C=O) groups is 2. The number of aryl methyl sites for hydroxylation is 1. The summed E-state index contributed by atoms with van der Waals surface area (Å²) in [5.74, 6) is 0.298. The highest BCUT2D eigenvalue weighted by atomic mass is 16.5. The summed E-state index contributed by atoms with van der Waals surface area (Å²) in [5.41, 5.74) is 3.31. The largest absolute Gasteiger partial charge is 0.494 e. The van der Waals surface area contributed by atoms with Gasteiger partial charge >= 0.3 is 0 Å². The van der Waals surface area contributed by atoms with E-state index in [-0.39, 0.29) is 17.6 Å². The van der Waals surface area contributed by atoms with E-state index in [9.17, 15) is 9.59 Å². The monoisotopic (exact) mass is 520 g/mol. The van der Waals surface area contributed by atoms with E-state index in [1.54, 1.807) is 18.4 Å². The summed E-state index contributed by atoms with van der Waals surface area (Å²) in [6, 6.07) is 27.0. The Morgan fingerprint density at radius 3 is 2.46 bits per heavy atom. The third-order valence-electron chi connectivity index (χ3n) is 8.33. The Balaban J connectivity index is 1.50. The molecule has 3 atom stereocenters. The number of benzene rings is 3. The highest BCUT2D eigenvalue weighted by molar-refractivity contribution is 6.13. The summed E-state index contributed by atoms with van der Waals surface area (Å²) in [7, 11) is 1.95. The van der Waals surface area contributed by atoms with Crippen molar-refractivity contribution >= 4 is 17.4 Å². The number of likely N-dealkylation sites (tertiary alicyclic amines) is 1. The number of likely N-dealkylation sites (N-methyl/N-ethyl adjacent to an activating group) is 1. The summed E-state index contributed by atoms with van der Waals surface area (Å²) < 4.78 is 11.5. The van der Waals surface area contributed by atoms with Crippen LogP contribution >= 0.6 is 0 Å². The number of anilines is 1. The van der Waals surface area contributed by atoms with Crippen LogP contribution in [-0.2, 0) is 16.9 Å². The van der Waals surface area contributed by atoms with Crippen LogP contribution in [-0.4, -0.2) is 36.8 Å². The van der Waals surface area contributed by atoms with Crippen molar-refractivity contribution in [3.63, 3.8) is 0 Å². The van der Waals surface area contributed by atoms with Gasteiger partial charge in [0.2, 0.25) is 0 Å². The van der Waals surface area contributed by atoms with Gasteiger partial charge < -0.3 is 14.1 Å². The lowest BCUT2D eigenvalue weighted by Crippen LogP contribution is -2.53. The Hall–Kier alpha value is -4.16. The molecule has 0 unspecified atom stereocenters. The molecule has 198 valence electrons. The Bertz CT molecular complexity index is 1510. The van der Waals surface area contributed by atoms with Crippen LogP contribution in [0.3, 0.4) is 0 Å².